The van der Waals surface area contributed by atoms with Gasteiger partial charge >= 0.3 is 6.18 Å². The zero-order valence-corrected chi connectivity index (χ0v) is 17.5. The quantitative estimate of drug-likeness (QED) is 0.430. The minimum absolute atomic E-state index is 0.0726. The van der Waals surface area contributed by atoms with E-state index in [0.29, 0.717) is 17.1 Å². The lowest BCUT2D eigenvalue weighted by molar-refractivity contribution is -0.137. The standard InChI is InChI=1S/C24H20F3N5O/c25-24(26,27)17-7-3-6-16(13-17)23(33)29-18-8-4-5-15(14-18)21-30-19-9-10-28-20(19)22(31-21)32-11-1-2-12-32/h3-10,13-14,28H,1-2,11-12H2,(H,29,33). The average molecular weight is 451 g/mol. The Labute approximate surface area is 187 Å². The van der Waals surface area contributed by atoms with Crippen molar-refractivity contribution in [1.29, 1.82) is 0 Å². The number of carbonyl (C=O) groups excluding carboxylic acids is 1. The second kappa shape index (κ2) is 8.23. The molecule has 0 atom stereocenters. The first-order valence-electron chi connectivity index (χ1n) is 10.6. The summed E-state index contributed by atoms with van der Waals surface area (Å²) in [6.45, 7) is 1.86. The highest BCUT2D eigenvalue weighted by Crippen LogP contribution is 2.31. The molecule has 6 nitrogen and oxygen atoms in total. The van der Waals surface area contributed by atoms with Crippen LogP contribution in [-0.4, -0.2) is 33.9 Å². The predicted octanol–water partition coefficient (Wildman–Crippen LogP) is 5.50. The number of nitrogens with zero attached hydrogens (tertiary/aromatic N) is 3. The molecule has 9 heteroatoms. The summed E-state index contributed by atoms with van der Waals surface area (Å²) in [6.07, 6.45) is -0.469. The first kappa shape index (κ1) is 21.0. The number of aromatic nitrogens is 3. The summed E-state index contributed by atoms with van der Waals surface area (Å²) in [4.78, 5) is 27.5. The van der Waals surface area contributed by atoms with Gasteiger partial charge in [0.15, 0.2) is 11.6 Å². The Morgan fingerprint density at radius 1 is 1.00 bits per heavy atom. The van der Waals surface area contributed by atoms with Crippen molar-refractivity contribution in [1.82, 2.24) is 15.0 Å². The fraction of sp³-hybridized carbons (Fsp3) is 0.208. The lowest BCUT2D eigenvalue weighted by Crippen LogP contribution is -2.20. The molecule has 1 saturated heterocycles. The van der Waals surface area contributed by atoms with E-state index in [9.17, 15) is 18.0 Å². The molecule has 2 aromatic heterocycles. The van der Waals surface area contributed by atoms with Crippen LogP contribution in [0.15, 0.2) is 60.8 Å². The zero-order valence-electron chi connectivity index (χ0n) is 17.5. The smallest absolute Gasteiger partial charge is 0.357 e. The minimum atomic E-state index is -4.52. The zero-order chi connectivity index (χ0) is 23.0. The second-order valence-electron chi connectivity index (χ2n) is 7.92. The molecule has 0 radical (unpaired) electrons. The van der Waals surface area contributed by atoms with E-state index in [1.807, 2.05) is 18.3 Å². The summed E-state index contributed by atoms with van der Waals surface area (Å²) >= 11 is 0. The van der Waals surface area contributed by atoms with Crippen LogP contribution in [-0.2, 0) is 6.18 Å². The summed E-state index contributed by atoms with van der Waals surface area (Å²) in [5, 5.41) is 2.67. The number of halogens is 3. The monoisotopic (exact) mass is 451 g/mol. The van der Waals surface area contributed by atoms with Gasteiger partial charge in [0.25, 0.3) is 5.91 Å². The third kappa shape index (κ3) is 4.26. The molecule has 1 fully saturated rings. The summed E-state index contributed by atoms with van der Waals surface area (Å²) < 4.78 is 38.9. The van der Waals surface area contributed by atoms with Crippen LogP contribution < -0.4 is 10.2 Å². The number of amides is 1. The van der Waals surface area contributed by atoms with Crippen LogP contribution in [0.4, 0.5) is 24.7 Å². The van der Waals surface area contributed by atoms with Crippen molar-refractivity contribution in [3.63, 3.8) is 0 Å². The van der Waals surface area contributed by atoms with Crippen LogP contribution in [0.5, 0.6) is 0 Å². The fourth-order valence-electron chi connectivity index (χ4n) is 3.99. The van der Waals surface area contributed by atoms with Gasteiger partial charge in [0.05, 0.1) is 11.1 Å². The number of hydrogen-bond donors (Lipinski definition) is 2. The first-order valence-corrected chi connectivity index (χ1v) is 10.6. The minimum Gasteiger partial charge on any atom is -0.357 e. The van der Waals surface area contributed by atoms with Gasteiger partial charge in [-0.3, -0.25) is 4.79 Å². The van der Waals surface area contributed by atoms with E-state index in [1.165, 1.54) is 12.1 Å². The highest BCUT2D eigenvalue weighted by Gasteiger charge is 2.31. The average Bonchev–Trinajstić information content (AvgIpc) is 3.50. The molecule has 0 saturated carbocycles. The Hall–Kier alpha value is -3.88. The molecule has 4 aromatic rings. The molecule has 2 N–H and O–H groups in total. The number of fused-ring (bicyclic) bond motifs is 1. The van der Waals surface area contributed by atoms with Gasteiger partial charge in [-0.05, 0) is 49.2 Å². The Morgan fingerprint density at radius 3 is 2.58 bits per heavy atom. The molecule has 3 heterocycles. The lowest BCUT2D eigenvalue weighted by Gasteiger charge is -2.18. The van der Waals surface area contributed by atoms with Crippen LogP contribution in [0.2, 0.25) is 0 Å². The normalized spacial score (nSPS) is 14.1. The van der Waals surface area contributed by atoms with E-state index in [0.717, 1.165) is 54.9 Å². The largest absolute Gasteiger partial charge is 0.416 e. The van der Waals surface area contributed by atoms with Gasteiger partial charge in [-0.1, -0.05) is 18.2 Å². The van der Waals surface area contributed by atoms with Gasteiger partial charge in [0.2, 0.25) is 0 Å². The van der Waals surface area contributed by atoms with Gasteiger partial charge in [-0.15, -0.1) is 0 Å². The third-order valence-corrected chi connectivity index (χ3v) is 5.62. The highest BCUT2D eigenvalue weighted by atomic mass is 19.4. The summed E-state index contributed by atoms with van der Waals surface area (Å²) in [7, 11) is 0. The number of carbonyl (C=O) groups is 1. The van der Waals surface area contributed by atoms with Crippen LogP contribution >= 0.6 is 0 Å². The maximum Gasteiger partial charge on any atom is 0.416 e. The van der Waals surface area contributed by atoms with Crippen molar-refractivity contribution in [2.45, 2.75) is 19.0 Å². The SMILES string of the molecule is O=C(Nc1cccc(-c2nc(N3CCCC3)c3[nH]ccc3n2)c1)c1cccc(C(F)(F)F)c1. The van der Waals surface area contributed by atoms with Gasteiger partial charge in [-0.2, -0.15) is 13.2 Å². The molecule has 1 amide bonds. The number of aromatic amines is 1. The lowest BCUT2D eigenvalue weighted by atomic mass is 10.1. The van der Waals surface area contributed by atoms with Gasteiger partial charge in [-0.25, -0.2) is 9.97 Å². The number of hydrogen-bond acceptors (Lipinski definition) is 4. The molecule has 168 valence electrons. The van der Waals surface area contributed by atoms with Crippen molar-refractivity contribution >= 4 is 28.4 Å². The summed E-state index contributed by atoms with van der Waals surface area (Å²) in [6, 6.07) is 13.2. The molecule has 0 aliphatic carbocycles. The van der Waals surface area contributed by atoms with Crippen LogP contribution in [0, 0.1) is 0 Å². The van der Waals surface area contributed by atoms with Crippen LogP contribution in [0.25, 0.3) is 22.4 Å². The van der Waals surface area contributed by atoms with Crippen molar-refractivity contribution in [3.8, 4) is 11.4 Å². The number of anilines is 2. The van der Waals surface area contributed by atoms with E-state index >= 15 is 0 Å². The molecule has 33 heavy (non-hydrogen) atoms. The Kier molecular flexibility index (Phi) is 5.24. The number of rotatable bonds is 4. The van der Waals surface area contributed by atoms with E-state index in [2.05, 4.69) is 20.2 Å². The van der Waals surface area contributed by atoms with Gasteiger partial charge in [0, 0.05) is 36.1 Å². The van der Waals surface area contributed by atoms with Crippen molar-refractivity contribution in [2.24, 2.45) is 0 Å². The van der Waals surface area contributed by atoms with E-state index in [-0.39, 0.29) is 5.56 Å². The topological polar surface area (TPSA) is 73.9 Å². The summed E-state index contributed by atoms with van der Waals surface area (Å²) in [5.41, 5.74) is 1.87. The highest BCUT2D eigenvalue weighted by molar-refractivity contribution is 6.04. The van der Waals surface area contributed by atoms with Crippen molar-refractivity contribution in [3.05, 3.63) is 71.9 Å². The molecule has 2 aromatic carbocycles. The van der Waals surface area contributed by atoms with Gasteiger partial charge in [0.1, 0.15) is 5.52 Å². The maximum absolute atomic E-state index is 13.0. The molecule has 0 unspecified atom stereocenters. The maximum atomic E-state index is 13.0. The number of alkyl halides is 3. The van der Waals surface area contributed by atoms with Gasteiger partial charge < -0.3 is 15.2 Å². The van der Waals surface area contributed by atoms with Crippen LogP contribution in [0.1, 0.15) is 28.8 Å². The Bertz CT molecular complexity index is 1330. The van der Waals surface area contributed by atoms with Crippen LogP contribution in [0.3, 0.4) is 0 Å². The first-order chi connectivity index (χ1) is 15.9. The number of benzene rings is 2. The van der Waals surface area contributed by atoms with Crippen molar-refractivity contribution in [2.75, 3.05) is 23.3 Å². The molecule has 1 aliphatic heterocycles. The number of nitrogens with one attached hydrogen (secondary N) is 2. The summed E-state index contributed by atoms with van der Waals surface area (Å²) in [5.74, 6) is 0.730. The molecule has 1 aliphatic rings. The molecular weight excluding hydrogens is 431 g/mol. The molecule has 0 spiro atoms. The van der Waals surface area contributed by atoms with Crippen molar-refractivity contribution < 1.29 is 18.0 Å². The Morgan fingerprint density at radius 2 is 1.79 bits per heavy atom. The molecular formula is C24H20F3N5O. The number of H-pyrrole nitrogens is 1. The van der Waals surface area contributed by atoms with E-state index in [4.69, 9.17) is 4.98 Å². The predicted molar refractivity (Wildman–Crippen MR) is 120 cm³/mol. The van der Waals surface area contributed by atoms with E-state index < -0.39 is 17.6 Å². The molecule has 0 bridgehead atoms. The van der Waals surface area contributed by atoms with E-state index in [1.54, 1.807) is 18.2 Å². The fourth-order valence-corrected chi connectivity index (χ4v) is 3.99. The second-order valence-corrected chi connectivity index (χ2v) is 7.92. The third-order valence-electron chi connectivity index (χ3n) is 5.62. The molecule has 5 rings (SSSR count). The Balaban J connectivity index is 1.44.